The van der Waals surface area contributed by atoms with Gasteiger partial charge in [0.15, 0.2) is 5.78 Å². The highest BCUT2D eigenvalue weighted by Crippen LogP contribution is 2.25. The van der Waals surface area contributed by atoms with Crippen LogP contribution in [-0.2, 0) is 19.3 Å². The summed E-state index contributed by atoms with van der Waals surface area (Å²) >= 11 is 0. The normalized spacial score (nSPS) is 13.0. The molecule has 2 aromatic rings. The molecule has 0 amide bonds. The molecule has 3 heteroatoms. The first-order chi connectivity index (χ1) is 10.7. The molecule has 0 N–H and O–H groups in total. The second-order valence-corrected chi connectivity index (χ2v) is 5.78. The quantitative estimate of drug-likeness (QED) is 0.864. The van der Waals surface area contributed by atoms with Crippen LogP contribution in [0.25, 0.3) is 0 Å². The molecule has 1 aliphatic rings. The number of nitrogens with zero attached hydrogens (tertiary/aromatic N) is 2. The molecular formula is C19H18N2O. The van der Waals surface area contributed by atoms with E-state index < -0.39 is 0 Å². The smallest absolute Gasteiger partial charge is 0.163 e. The Morgan fingerprint density at radius 2 is 2.14 bits per heavy atom. The average molecular weight is 290 g/mol. The molecule has 0 aliphatic heterocycles. The van der Waals surface area contributed by atoms with Crippen LogP contribution in [0.4, 0.5) is 0 Å². The third-order valence-corrected chi connectivity index (χ3v) is 4.17. The molecule has 1 aromatic carbocycles. The molecule has 0 fully saturated rings. The maximum absolute atomic E-state index is 11.9. The van der Waals surface area contributed by atoms with E-state index in [1.54, 1.807) is 6.20 Å². The molecule has 3 rings (SSSR count). The fraction of sp³-hybridized carbons (Fsp3) is 0.316. The highest BCUT2D eigenvalue weighted by Gasteiger charge is 2.19. The SMILES string of the molecule is CCCc1ncc(C#N)cc1Cc1ccc2c(c1)C(=O)CC2. The summed E-state index contributed by atoms with van der Waals surface area (Å²) in [6, 6.07) is 10.2. The van der Waals surface area contributed by atoms with Gasteiger partial charge in [-0.05, 0) is 48.1 Å². The summed E-state index contributed by atoms with van der Waals surface area (Å²) in [5.74, 6) is 0.245. The standard InChI is InChI=1S/C19H18N2O/c1-2-3-18-16(9-14(11-20)12-21-18)8-13-4-5-15-6-7-19(22)17(15)10-13/h4-5,9-10,12H,2-3,6-8H2,1H3. The van der Waals surface area contributed by atoms with Crippen LogP contribution in [0.5, 0.6) is 0 Å². The van der Waals surface area contributed by atoms with Crippen LogP contribution < -0.4 is 0 Å². The molecule has 0 saturated carbocycles. The molecule has 1 aliphatic carbocycles. The Kier molecular flexibility index (Phi) is 4.02. The first kappa shape index (κ1) is 14.5. The fourth-order valence-electron chi connectivity index (χ4n) is 3.03. The van der Waals surface area contributed by atoms with Gasteiger partial charge in [0, 0.05) is 23.9 Å². The Morgan fingerprint density at radius 3 is 2.91 bits per heavy atom. The molecule has 3 nitrogen and oxygen atoms in total. The second kappa shape index (κ2) is 6.11. The lowest BCUT2D eigenvalue weighted by atomic mass is 9.97. The number of hydrogen-bond acceptors (Lipinski definition) is 3. The highest BCUT2D eigenvalue weighted by molar-refractivity contribution is 6.00. The van der Waals surface area contributed by atoms with Crippen molar-refractivity contribution in [3.8, 4) is 6.07 Å². The maximum atomic E-state index is 11.9. The summed E-state index contributed by atoms with van der Waals surface area (Å²) in [6.45, 7) is 2.12. The zero-order valence-corrected chi connectivity index (χ0v) is 12.7. The molecule has 0 atom stereocenters. The number of Topliss-reactive ketones (excluding diaryl/α,β-unsaturated/α-hetero) is 1. The van der Waals surface area contributed by atoms with Crippen molar-refractivity contribution in [1.82, 2.24) is 4.98 Å². The summed E-state index contributed by atoms with van der Waals surface area (Å²) in [7, 11) is 0. The second-order valence-electron chi connectivity index (χ2n) is 5.78. The number of aryl methyl sites for hydroxylation is 2. The maximum Gasteiger partial charge on any atom is 0.163 e. The van der Waals surface area contributed by atoms with E-state index in [0.717, 1.165) is 53.6 Å². The van der Waals surface area contributed by atoms with Crippen LogP contribution >= 0.6 is 0 Å². The first-order valence-electron chi connectivity index (χ1n) is 7.74. The van der Waals surface area contributed by atoms with Crippen molar-refractivity contribution in [1.29, 1.82) is 5.26 Å². The minimum Gasteiger partial charge on any atom is -0.294 e. The van der Waals surface area contributed by atoms with Gasteiger partial charge in [-0.2, -0.15) is 5.26 Å². The monoisotopic (exact) mass is 290 g/mol. The number of ketones is 1. The summed E-state index contributed by atoms with van der Waals surface area (Å²) in [4.78, 5) is 16.3. The van der Waals surface area contributed by atoms with Crippen molar-refractivity contribution in [3.05, 3.63) is 64.0 Å². The minimum atomic E-state index is 0.245. The fourth-order valence-corrected chi connectivity index (χ4v) is 3.03. The van der Waals surface area contributed by atoms with Crippen molar-refractivity contribution in [2.24, 2.45) is 0 Å². The molecule has 1 aromatic heterocycles. The number of fused-ring (bicyclic) bond motifs is 1. The largest absolute Gasteiger partial charge is 0.294 e. The zero-order chi connectivity index (χ0) is 15.5. The molecule has 0 radical (unpaired) electrons. The Hall–Kier alpha value is -2.47. The number of nitriles is 1. The third-order valence-electron chi connectivity index (χ3n) is 4.17. The number of carbonyl (C=O) groups excluding carboxylic acids is 1. The van der Waals surface area contributed by atoms with E-state index in [1.165, 1.54) is 0 Å². The van der Waals surface area contributed by atoms with E-state index in [-0.39, 0.29) is 5.78 Å². The van der Waals surface area contributed by atoms with Crippen LogP contribution in [0.2, 0.25) is 0 Å². The molecule has 0 unspecified atom stereocenters. The van der Waals surface area contributed by atoms with Gasteiger partial charge in [-0.15, -0.1) is 0 Å². The topological polar surface area (TPSA) is 53.8 Å². The van der Waals surface area contributed by atoms with E-state index in [2.05, 4.69) is 30.1 Å². The van der Waals surface area contributed by atoms with E-state index in [9.17, 15) is 4.79 Å². The number of benzene rings is 1. The van der Waals surface area contributed by atoms with Crippen LogP contribution in [0, 0.1) is 11.3 Å². The zero-order valence-electron chi connectivity index (χ0n) is 12.7. The van der Waals surface area contributed by atoms with Gasteiger partial charge in [0.05, 0.1) is 5.56 Å². The van der Waals surface area contributed by atoms with Gasteiger partial charge < -0.3 is 0 Å². The van der Waals surface area contributed by atoms with Crippen LogP contribution in [0.15, 0.2) is 30.5 Å². The number of pyridine rings is 1. The predicted octanol–water partition coefficient (Wildman–Crippen LogP) is 3.63. The number of rotatable bonds is 4. The number of carbonyl (C=O) groups is 1. The van der Waals surface area contributed by atoms with Gasteiger partial charge in [-0.1, -0.05) is 25.5 Å². The van der Waals surface area contributed by atoms with Gasteiger partial charge in [-0.3, -0.25) is 9.78 Å². The van der Waals surface area contributed by atoms with Crippen LogP contribution in [0.1, 0.15) is 58.1 Å². The molecule has 0 bridgehead atoms. The Morgan fingerprint density at radius 1 is 1.27 bits per heavy atom. The minimum absolute atomic E-state index is 0.245. The summed E-state index contributed by atoms with van der Waals surface area (Å²) in [5, 5.41) is 9.08. The van der Waals surface area contributed by atoms with Crippen molar-refractivity contribution in [2.45, 2.75) is 39.0 Å². The van der Waals surface area contributed by atoms with E-state index in [1.807, 2.05) is 12.1 Å². The first-order valence-corrected chi connectivity index (χ1v) is 7.74. The Labute approximate surface area is 130 Å². The summed E-state index contributed by atoms with van der Waals surface area (Å²) in [6.07, 6.45) is 5.78. The summed E-state index contributed by atoms with van der Waals surface area (Å²) < 4.78 is 0. The lowest BCUT2D eigenvalue weighted by Gasteiger charge is -2.09. The number of hydrogen-bond donors (Lipinski definition) is 0. The molecular weight excluding hydrogens is 272 g/mol. The molecule has 0 saturated heterocycles. The molecule has 22 heavy (non-hydrogen) atoms. The predicted molar refractivity (Wildman–Crippen MR) is 84.8 cm³/mol. The van der Waals surface area contributed by atoms with Crippen molar-refractivity contribution in [2.75, 3.05) is 0 Å². The molecule has 110 valence electrons. The van der Waals surface area contributed by atoms with Crippen molar-refractivity contribution < 1.29 is 4.79 Å². The Balaban J connectivity index is 1.94. The van der Waals surface area contributed by atoms with E-state index >= 15 is 0 Å². The highest BCUT2D eigenvalue weighted by atomic mass is 16.1. The van der Waals surface area contributed by atoms with Crippen molar-refractivity contribution >= 4 is 5.78 Å². The summed E-state index contributed by atoms with van der Waals surface area (Å²) in [5.41, 5.74) is 5.88. The van der Waals surface area contributed by atoms with E-state index in [4.69, 9.17) is 5.26 Å². The van der Waals surface area contributed by atoms with Gasteiger partial charge in [0.1, 0.15) is 6.07 Å². The van der Waals surface area contributed by atoms with E-state index in [0.29, 0.717) is 12.0 Å². The number of aromatic nitrogens is 1. The average Bonchev–Trinajstić information content (AvgIpc) is 2.90. The van der Waals surface area contributed by atoms with Gasteiger partial charge in [0.25, 0.3) is 0 Å². The molecule has 0 spiro atoms. The van der Waals surface area contributed by atoms with Crippen LogP contribution in [-0.4, -0.2) is 10.8 Å². The van der Waals surface area contributed by atoms with Gasteiger partial charge in [0.2, 0.25) is 0 Å². The third kappa shape index (κ3) is 2.78. The molecule has 1 heterocycles. The van der Waals surface area contributed by atoms with Crippen molar-refractivity contribution in [3.63, 3.8) is 0 Å². The lowest BCUT2D eigenvalue weighted by Crippen LogP contribution is -2.01. The Bertz CT molecular complexity index is 771. The van der Waals surface area contributed by atoms with Gasteiger partial charge >= 0.3 is 0 Å². The lowest BCUT2D eigenvalue weighted by molar-refractivity contribution is 0.0994. The van der Waals surface area contributed by atoms with Gasteiger partial charge in [-0.25, -0.2) is 0 Å². The van der Waals surface area contributed by atoms with Crippen LogP contribution in [0.3, 0.4) is 0 Å².